The summed E-state index contributed by atoms with van der Waals surface area (Å²) < 4.78 is 10.4. The van der Waals surface area contributed by atoms with Gasteiger partial charge in [-0.25, -0.2) is 4.98 Å². The predicted octanol–water partition coefficient (Wildman–Crippen LogP) is 5.96. The Labute approximate surface area is 246 Å². The highest BCUT2D eigenvalue weighted by Gasteiger charge is 2.14. The van der Waals surface area contributed by atoms with Gasteiger partial charge in [-0.1, -0.05) is 66.7 Å². The Morgan fingerprint density at radius 2 is 1.69 bits per heavy atom. The van der Waals surface area contributed by atoms with Crippen molar-refractivity contribution in [3.05, 3.63) is 120 Å². The maximum atomic E-state index is 12.6. The number of rotatable bonds is 15. The number of nitrogens with one attached hydrogen (secondary N) is 1. The highest BCUT2D eigenvalue weighted by Crippen LogP contribution is 2.22. The van der Waals surface area contributed by atoms with E-state index in [0.717, 1.165) is 54.4 Å². The number of fused-ring (bicyclic) bond motifs is 1. The number of imidazole rings is 1. The van der Waals surface area contributed by atoms with Crippen LogP contribution in [0.3, 0.4) is 0 Å². The summed E-state index contributed by atoms with van der Waals surface area (Å²) in [5.41, 5.74) is 9.87. The molecule has 2 amide bonds. The van der Waals surface area contributed by atoms with Gasteiger partial charge in [-0.3, -0.25) is 9.59 Å². The van der Waals surface area contributed by atoms with Gasteiger partial charge >= 0.3 is 0 Å². The predicted molar refractivity (Wildman–Crippen MR) is 165 cm³/mol. The molecule has 3 N–H and O–H groups in total. The van der Waals surface area contributed by atoms with E-state index < -0.39 is 5.91 Å². The Kier molecular flexibility index (Phi) is 9.80. The number of aryl methyl sites for hydroxylation is 2. The Morgan fingerprint density at radius 1 is 0.929 bits per heavy atom. The molecule has 1 atom stereocenters. The minimum atomic E-state index is -0.544. The number of nitrogens with zero attached hydrogens (tertiary/aromatic N) is 3. The fourth-order valence-corrected chi connectivity index (χ4v) is 5.11. The molecule has 0 fully saturated rings. The molecule has 2 heterocycles. The van der Waals surface area contributed by atoms with Gasteiger partial charge in [0, 0.05) is 37.6 Å². The molecule has 1 unspecified atom stereocenters. The van der Waals surface area contributed by atoms with Crippen molar-refractivity contribution in [3.8, 4) is 0 Å². The van der Waals surface area contributed by atoms with Crippen LogP contribution in [-0.2, 0) is 35.6 Å². The molecule has 2 aromatic heterocycles. The zero-order valence-corrected chi connectivity index (χ0v) is 23.7. The third-order valence-electron chi connectivity index (χ3n) is 7.32. The first-order valence-corrected chi connectivity index (χ1v) is 14.4. The number of amides is 2. The molecule has 8 nitrogen and oxygen atoms in total. The average molecular weight is 564 g/mol. The van der Waals surface area contributed by atoms with E-state index >= 15 is 0 Å². The number of ether oxygens (including phenoxy) is 1. The Balaban J connectivity index is 1.17. The van der Waals surface area contributed by atoms with E-state index in [2.05, 4.69) is 39.3 Å². The Bertz CT molecular complexity index is 1590. The van der Waals surface area contributed by atoms with Gasteiger partial charge in [-0.15, -0.1) is 0 Å². The molecule has 5 rings (SSSR count). The number of aromatic nitrogens is 3. The number of hydrogen-bond donors (Lipinski definition) is 2. The second-order valence-electron chi connectivity index (χ2n) is 10.6. The Morgan fingerprint density at radius 3 is 2.43 bits per heavy atom. The van der Waals surface area contributed by atoms with Crippen molar-refractivity contribution in [2.75, 3.05) is 5.32 Å². The number of anilines is 1. The summed E-state index contributed by atoms with van der Waals surface area (Å²) in [6, 6.07) is 28.5. The lowest BCUT2D eigenvalue weighted by Gasteiger charge is -2.19. The lowest BCUT2D eigenvalue weighted by Crippen LogP contribution is -2.20. The highest BCUT2D eigenvalue weighted by molar-refractivity contribution is 5.93. The molecule has 0 saturated heterocycles. The molecular formula is C34H37N5O3. The van der Waals surface area contributed by atoms with Crippen molar-refractivity contribution < 1.29 is 14.3 Å². The van der Waals surface area contributed by atoms with E-state index in [9.17, 15) is 9.59 Å². The van der Waals surface area contributed by atoms with Gasteiger partial charge in [0.15, 0.2) is 0 Å². The van der Waals surface area contributed by atoms with Gasteiger partial charge in [0.2, 0.25) is 5.91 Å². The second-order valence-corrected chi connectivity index (χ2v) is 10.6. The number of carbonyl (C=O) groups is 2. The fraction of sp³-hybridized carbons (Fsp3) is 0.265. The van der Waals surface area contributed by atoms with Crippen LogP contribution in [0.2, 0.25) is 0 Å². The summed E-state index contributed by atoms with van der Waals surface area (Å²) in [5.74, 6) is -0.515. The standard InChI is InChI=1S/C34H37N5O3/c35-34(41)31-23-38(25-36-31)22-30(42-24-27-11-5-2-6-12-27)14-8-19-39-20-18-28-16-17-29(21-32(28)39)37-33(40)15-7-13-26-9-3-1-4-10-26/h1-6,9-12,16-18,20-21,23,25,30H,7-8,13-15,19,22,24H2,(H2,35,41)(H,37,40). The monoisotopic (exact) mass is 563 g/mol. The molecule has 0 aliphatic heterocycles. The molecule has 8 heteroatoms. The number of benzene rings is 3. The van der Waals surface area contributed by atoms with Crippen LogP contribution in [-0.4, -0.2) is 32.0 Å². The molecule has 216 valence electrons. The van der Waals surface area contributed by atoms with Gasteiger partial charge in [0.1, 0.15) is 5.69 Å². The van der Waals surface area contributed by atoms with Crippen LogP contribution in [0, 0.1) is 0 Å². The van der Waals surface area contributed by atoms with Gasteiger partial charge in [-0.2, -0.15) is 0 Å². The normalized spacial score (nSPS) is 11.9. The van der Waals surface area contributed by atoms with Crippen LogP contribution in [0.4, 0.5) is 5.69 Å². The molecule has 0 radical (unpaired) electrons. The van der Waals surface area contributed by atoms with Crippen LogP contribution < -0.4 is 11.1 Å². The van der Waals surface area contributed by atoms with Crippen LogP contribution in [0.1, 0.15) is 47.3 Å². The van der Waals surface area contributed by atoms with E-state index in [1.807, 2.05) is 71.3 Å². The highest BCUT2D eigenvalue weighted by atomic mass is 16.5. The summed E-state index contributed by atoms with van der Waals surface area (Å²) in [4.78, 5) is 28.2. The number of hydrogen-bond acceptors (Lipinski definition) is 4. The van der Waals surface area contributed by atoms with E-state index in [1.165, 1.54) is 5.56 Å². The van der Waals surface area contributed by atoms with E-state index in [1.54, 1.807) is 12.5 Å². The van der Waals surface area contributed by atoms with E-state index in [0.29, 0.717) is 19.6 Å². The van der Waals surface area contributed by atoms with Gasteiger partial charge in [0.25, 0.3) is 5.91 Å². The van der Waals surface area contributed by atoms with Crippen molar-refractivity contribution in [2.45, 2.75) is 57.9 Å². The molecular weight excluding hydrogens is 526 g/mol. The molecule has 0 saturated carbocycles. The molecule has 5 aromatic rings. The smallest absolute Gasteiger partial charge is 0.268 e. The Hall–Kier alpha value is -4.69. The van der Waals surface area contributed by atoms with Crippen molar-refractivity contribution >= 4 is 28.4 Å². The van der Waals surface area contributed by atoms with Crippen molar-refractivity contribution in [1.82, 2.24) is 14.1 Å². The summed E-state index contributed by atoms with van der Waals surface area (Å²) >= 11 is 0. The van der Waals surface area contributed by atoms with Gasteiger partial charge < -0.3 is 24.9 Å². The molecule has 0 aliphatic carbocycles. The van der Waals surface area contributed by atoms with Crippen molar-refractivity contribution in [1.29, 1.82) is 0 Å². The zero-order valence-electron chi connectivity index (χ0n) is 23.7. The van der Waals surface area contributed by atoms with Crippen molar-refractivity contribution in [3.63, 3.8) is 0 Å². The maximum absolute atomic E-state index is 12.6. The summed E-state index contributed by atoms with van der Waals surface area (Å²) in [6.07, 6.45) is 9.18. The fourth-order valence-electron chi connectivity index (χ4n) is 5.11. The topological polar surface area (TPSA) is 104 Å². The van der Waals surface area contributed by atoms with Gasteiger partial charge in [0.05, 0.1) is 24.6 Å². The maximum Gasteiger partial charge on any atom is 0.268 e. The minimum absolute atomic E-state index is 0.0285. The SMILES string of the molecule is NC(=O)c1cn(CC(CCCn2ccc3ccc(NC(=O)CCCc4ccccc4)cc32)OCc2ccccc2)cn1. The van der Waals surface area contributed by atoms with Crippen LogP contribution in [0.5, 0.6) is 0 Å². The summed E-state index contributed by atoms with van der Waals surface area (Å²) in [7, 11) is 0. The first kappa shape index (κ1) is 28.8. The number of carbonyl (C=O) groups excluding carboxylic acids is 2. The van der Waals surface area contributed by atoms with Crippen molar-refractivity contribution in [2.24, 2.45) is 5.73 Å². The lowest BCUT2D eigenvalue weighted by atomic mass is 10.1. The summed E-state index contributed by atoms with van der Waals surface area (Å²) in [6.45, 7) is 1.88. The van der Waals surface area contributed by atoms with Crippen LogP contribution in [0.25, 0.3) is 10.9 Å². The van der Waals surface area contributed by atoms with E-state index in [4.69, 9.17) is 10.5 Å². The van der Waals surface area contributed by atoms with E-state index in [-0.39, 0.29) is 17.7 Å². The van der Waals surface area contributed by atoms with Crippen LogP contribution in [0.15, 0.2) is 104 Å². The third kappa shape index (κ3) is 8.17. The number of primary amides is 1. The van der Waals surface area contributed by atoms with Crippen LogP contribution >= 0.6 is 0 Å². The first-order chi connectivity index (χ1) is 20.5. The lowest BCUT2D eigenvalue weighted by molar-refractivity contribution is -0.116. The largest absolute Gasteiger partial charge is 0.372 e. The quantitative estimate of drug-likeness (QED) is 0.164. The minimum Gasteiger partial charge on any atom is -0.372 e. The molecule has 0 bridgehead atoms. The second kappa shape index (κ2) is 14.3. The third-order valence-corrected chi connectivity index (χ3v) is 7.32. The molecule has 3 aromatic carbocycles. The van der Waals surface area contributed by atoms with Gasteiger partial charge in [-0.05, 0) is 60.4 Å². The zero-order chi connectivity index (χ0) is 29.1. The number of nitrogens with two attached hydrogens (primary N) is 1. The average Bonchev–Trinajstić information content (AvgIpc) is 3.64. The summed E-state index contributed by atoms with van der Waals surface area (Å²) in [5, 5.41) is 4.20. The molecule has 0 spiro atoms. The first-order valence-electron chi connectivity index (χ1n) is 14.4. The molecule has 42 heavy (non-hydrogen) atoms. The molecule has 0 aliphatic rings.